The number of para-hydroxylation sites is 2. The minimum atomic E-state index is -0.667. The van der Waals surface area contributed by atoms with Gasteiger partial charge >= 0.3 is 11.3 Å². The monoisotopic (exact) mass is 346 g/mol. The number of fused-ring (bicyclic) bond motifs is 4. The molecule has 3 aromatic heterocycles. The van der Waals surface area contributed by atoms with Crippen LogP contribution in [0.15, 0.2) is 67.0 Å². The van der Waals surface area contributed by atoms with Gasteiger partial charge in [0, 0.05) is 6.07 Å². The number of nitrogens with zero attached hydrogens (tertiary/aromatic N) is 1. The summed E-state index contributed by atoms with van der Waals surface area (Å²) in [6.07, 6.45) is 0. The van der Waals surface area contributed by atoms with Crippen LogP contribution in [0.25, 0.3) is 44.4 Å². The van der Waals surface area contributed by atoms with Crippen molar-refractivity contribution < 1.29 is 13.9 Å². The first-order chi connectivity index (χ1) is 12.6. The molecule has 0 saturated heterocycles. The van der Waals surface area contributed by atoms with Crippen molar-refractivity contribution in [1.29, 1.82) is 0 Å². The zero-order valence-corrected chi connectivity index (χ0v) is 13.1. The lowest BCUT2D eigenvalue weighted by molar-refractivity contribution is 0.473. The molecule has 26 heavy (non-hydrogen) atoms. The van der Waals surface area contributed by atoms with E-state index in [9.17, 15) is 14.7 Å². The van der Waals surface area contributed by atoms with Crippen LogP contribution in [0, 0.1) is 0 Å². The van der Waals surface area contributed by atoms with Gasteiger partial charge in [-0.05, 0) is 30.3 Å². The Kier molecular flexibility index (Phi) is 2.82. The molecule has 0 aliphatic heterocycles. The Morgan fingerprint density at radius 2 is 1.77 bits per heavy atom. The Bertz CT molecular complexity index is 1410. The summed E-state index contributed by atoms with van der Waals surface area (Å²) in [5, 5.41) is 10.1. The third-order valence-corrected chi connectivity index (χ3v) is 4.22. The lowest BCUT2D eigenvalue weighted by Crippen LogP contribution is -2.08. The van der Waals surface area contributed by atoms with E-state index in [1.54, 1.807) is 0 Å². The molecule has 5 rings (SSSR count). The van der Waals surface area contributed by atoms with Gasteiger partial charge in [-0.15, -0.1) is 0 Å². The number of hydrogen-bond acceptors (Lipinski definition) is 6. The number of rotatable bonds is 1. The lowest BCUT2D eigenvalue weighted by atomic mass is 10.1. The van der Waals surface area contributed by atoms with E-state index in [2.05, 4.69) is 9.97 Å². The Balaban J connectivity index is 1.85. The summed E-state index contributed by atoms with van der Waals surface area (Å²) in [6, 6.07) is 13.0. The second-order valence-corrected chi connectivity index (χ2v) is 5.86. The van der Waals surface area contributed by atoms with Crippen LogP contribution in [0.2, 0.25) is 0 Å². The van der Waals surface area contributed by atoms with E-state index in [0.717, 1.165) is 5.52 Å². The van der Waals surface area contributed by atoms with Crippen molar-refractivity contribution in [3.05, 3.63) is 69.4 Å². The molecule has 2 aromatic carbocycles. The Labute approximate surface area is 144 Å². The molecule has 0 aliphatic rings. The van der Waals surface area contributed by atoms with E-state index >= 15 is 0 Å². The maximum absolute atomic E-state index is 12.5. The van der Waals surface area contributed by atoms with Gasteiger partial charge in [-0.3, -0.25) is 0 Å². The van der Waals surface area contributed by atoms with Crippen LogP contribution in [0.4, 0.5) is 0 Å². The van der Waals surface area contributed by atoms with Gasteiger partial charge in [0.05, 0.1) is 16.4 Å². The van der Waals surface area contributed by atoms with Crippen LogP contribution in [0.1, 0.15) is 0 Å². The molecule has 0 bridgehead atoms. The Morgan fingerprint density at radius 1 is 0.923 bits per heavy atom. The zero-order valence-electron chi connectivity index (χ0n) is 13.1. The maximum Gasteiger partial charge on any atom is 0.347 e. The minimum absolute atomic E-state index is 0.0544. The first kappa shape index (κ1) is 14.5. The number of hydrogen-bond donors (Lipinski definition) is 2. The zero-order chi connectivity index (χ0) is 17.8. The largest absolute Gasteiger partial charge is 0.508 e. The van der Waals surface area contributed by atoms with Crippen LogP contribution in [0.5, 0.6) is 5.75 Å². The van der Waals surface area contributed by atoms with Crippen molar-refractivity contribution in [3.8, 4) is 17.1 Å². The summed E-state index contributed by atoms with van der Waals surface area (Å²) in [5.41, 5.74) is 0.559. The van der Waals surface area contributed by atoms with E-state index in [4.69, 9.17) is 8.83 Å². The summed E-state index contributed by atoms with van der Waals surface area (Å²) < 4.78 is 10.7. The van der Waals surface area contributed by atoms with Crippen molar-refractivity contribution in [3.63, 3.8) is 0 Å². The topological polar surface area (TPSA) is 109 Å². The number of phenols is 1. The van der Waals surface area contributed by atoms with Crippen LogP contribution < -0.4 is 11.3 Å². The van der Waals surface area contributed by atoms with Gasteiger partial charge in [0.2, 0.25) is 0 Å². The van der Waals surface area contributed by atoms with Crippen molar-refractivity contribution in [2.24, 2.45) is 0 Å². The number of aromatic hydroxyl groups is 1. The molecule has 0 fully saturated rings. The number of benzene rings is 2. The predicted octanol–water partition coefficient (Wildman–Crippen LogP) is 3.15. The van der Waals surface area contributed by atoms with E-state index in [0.29, 0.717) is 16.7 Å². The fourth-order valence-corrected chi connectivity index (χ4v) is 3.01. The van der Waals surface area contributed by atoms with Gasteiger partial charge < -0.3 is 18.9 Å². The molecule has 0 aliphatic carbocycles. The molecule has 0 amide bonds. The second-order valence-electron chi connectivity index (χ2n) is 5.86. The molecule has 5 aromatic rings. The fourth-order valence-electron chi connectivity index (χ4n) is 3.01. The van der Waals surface area contributed by atoms with E-state index in [1.165, 1.54) is 24.3 Å². The quantitative estimate of drug-likeness (QED) is 0.356. The molecule has 0 unspecified atom stereocenters. The van der Waals surface area contributed by atoms with Gasteiger partial charge in [-0.1, -0.05) is 12.1 Å². The molecular weight excluding hydrogens is 336 g/mol. The second kappa shape index (κ2) is 5.06. The number of nitrogens with one attached hydrogen (secondary N) is 1. The third-order valence-electron chi connectivity index (χ3n) is 4.22. The van der Waals surface area contributed by atoms with Crippen molar-refractivity contribution >= 4 is 33.0 Å². The van der Waals surface area contributed by atoms with E-state index in [1.807, 2.05) is 24.3 Å². The van der Waals surface area contributed by atoms with E-state index < -0.39 is 11.3 Å². The van der Waals surface area contributed by atoms with Gasteiger partial charge in [-0.25, -0.2) is 14.6 Å². The minimum Gasteiger partial charge on any atom is -0.508 e. The standard InChI is InChI=1S/C19H10N2O5/c22-9-5-6-10-15(7-9)25-18(23)11-8-12(19(24)26-16(10)11)17-20-13-3-1-2-4-14(13)21-17/h1-8,22H,(H,20,21). The van der Waals surface area contributed by atoms with Crippen LogP contribution in [-0.4, -0.2) is 15.1 Å². The first-order valence-electron chi connectivity index (χ1n) is 7.79. The highest BCUT2D eigenvalue weighted by Gasteiger charge is 2.17. The predicted molar refractivity (Wildman–Crippen MR) is 95.3 cm³/mol. The van der Waals surface area contributed by atoms with Crippen molar-refractivity contribution in [2.75, 3.05) is 0 Å². The number of imidazole rings is 1. The summed E-state index contributed by atoms with van der Waals surface area (Å²) in [7, 11) is 0. The molecule has 0 atom stereocenters. The van der Waals surface area contributed by atoms with Gasteiger partial charge in [0.15, 0.2) is 5.58 Å². The first-order valence-corrected chi connectivity index (χ1v) is 7.79. The number of aromatic nitrogens is 2. The Morgan fingerprint density at radius 3 is 2.62 bits per heavy atom. The molecule has 3 heterocycles. The highest BCUT2D eigenvalue weighted by molar-refractivity contribution is 6.01. The summed E-state index contributed by atoms with van der Waals surface area (Å²) in [6.45, 7) is 0. The number of phenolic OH excluding ortho intramolecular Hbond substituents is 1. The summed E-state index contributed by atoms with van der Waals surface area (Å²) in [5.74, 6) is 0.258. The lowest BCUT2D eigenvalue weighted by Gasteiger charge is -2.03. The SMILES string of the molecule is O=c1oc2c(cc1-c1nc3ccccc3[nH]1)c(=O)oc1cc(O)ccc12. The average molecular weight is 346 g/mol. The molecule has 0 saturated carbocycles. The summed E-state index contributed by atoms with van der Waals surface area (Å²) in [4.78, 5) is 32.3. The molecule has 2 N–H and O–H groups in total. The van der Waals surface area contributed by atoms with Crippen molar-refractivity contribution in [1.82, 2.24) is 9.97 Å². The highest BCUT2D eigenvalue weighted by Crippen LogP contribution is 2.27. The van der Waals surface area contributed by atoms with E-state index in [-0.39, 0.29) is 27.9 Å². The van der Waals surface area contributed by atoms with Gasteiger partial charge in [0.1, 0.15) is 28.1 Å². The molecule has 0 spiro atoms. The van der Waals surface area contributed by atoms with Gasteiger partial charge in [0.25, 0.3) is 0 Å². The smallest absolute Gasteiger partial charge is 0.347 e. The number of H-pyrrole nitrogens is 1. The molecular formula is C19H10N2O5. The maximum atomic E-state index is 12.5. The molecule has 7 heteroatoms. The Hall–Kier alpha value is -3.87. The average Bonchev–Trinajstić information content (AvgIpc) is 3.05. The number of aromatic amines is 1. The molecule has 0 radical (unpaired) electrons. The van der Waals surface area contributed by atoms with Gasteiger partial charge in [-0.2, -0.15) is 0 Å². The normalized spacial score (nSPS) is 11.5. The van der Waals surface area contributed by atoms with Crippen LogP contribution >= 0.6 is 0 Å². The van der Waals surface area contributed by atoms with Crippen LogP contribution in [0.3, 0.4) is 0 Å². The summed E-state index contributed by atoms with van der Waals surface area (Å²) >= 11 is 0. The highest BCUT2D eigenvalue weighted by atomic mass is 16.4. The van der Waals surface area contributed by atoms with Crippen LogP contribution in [-0.2, 0) is 0 Å². The fraction of sp³-hybridized carbons (Fsp3) is 0. The molecule has 7 nitrogen and oxygen atoms in total. The molecule has 126 valence electrons. The van der Waals surface area contributed by atoms with Crippen molar-refractivity contribution in [2.45, 2.75) is 0 Å². The third kappa shape index (κ3) is 2.04.